The van der Waals surface area contributed by atoms with Crippen LogP contribution in [0.4, 0.5) is 23.7 Å². The first-order valence-corrected chi connectivity index (χ1v) is 15.0. The smallest absolute Gasteiger partial charge is 0.335 e. The number of alkyl halides is 3. The molecule has 2 aromatic heterocycles. The second-order valence-electron chi connectivity index (χ2n) is 11.6. The molecule has 6 rings (SSSR count). The standard InChI is InChI=1S/C29H32ClF3N8O3/c1-38-23(21-16-41(15-17-5-6-17)37-24(21)29(31,32)33)14-34-25(38)26(42)35-19-7-8-20(22(30)13-19)27(43)39-9-11-40(12-10-39)28(44)36-18-3-2-4-18/h7-8,13-14,16-18H,2-6,9-12,15H2,1H3,(H,35,42)(H,36,44). The average molecular weight is 633 g/mol. The fraction of sp³-hybridized carbons (Fsp3) is 0.483. The molecule has 44 heavy (non-hydrogen) atoms. The number of imidazole rings is 1. The molecule has 1 aliphatic heterocycles. The first-order chi connectivity index (χ1) is 21.0. The van der Waals surface area contributed by atoms with Crippen molar-refractivity contribution in [3.63, 3.8) is 0 Å². The molecule has 234 valence electrons. The lowest BCUT2D eigenvalue weighted by atomic mass is 9.93. The van der Waals surface area contributed by atoms with Crippen molar-refractivity contribution in [3.8, 4) is 11.3 Å². The summed E-state index contributed by atoms with van der Waals surface area (Å²) in [5.74, 6) is -0.740. The van der Waals surface area contributed by atoms with Gasteiger partial charge in [0.25, 0.3) is 11.8 Å². The van der Waals surface area contributed by atoms with Crippen LogP contribution in [-0.4, -0.2) is 79.2 Å². The quantitative estimate of drug-likeness (QED) is 0.394. The van der Waals surface area contributed by atoms with E-state index in [-0.39, 0.29) is 51.3 Å². The van der Waals surface area contributed by atoms with Crippen LogP contribution in [0.15, 0.2) is 30.6 Å². The zero-order valence-electron chi connectivity index (χ0n) is 24.0. The Bertz CT molecular complexity index is 1590. The maximum atomic E-state index is 13.8. The molecule has 4 amide bonds. The zero-order valence-corrected chi connectivity index (χ0v) is 24.8. The molecule has 2 aliphatic carbocycles. The van der Waals surface area contributed by atoms with Gasteiger partial charge in [-0.05, 0) is 56.2 Å². The summed E-state index contributed by atoms with van der Waals surface area (Å²) < 4.78 is 44.0. The zero-order chi connectivity index (χ0) is 31.2. The lowest BCUT2D eigenvalue weighted by Crippen LogP contribution is -2.55. The number of nitrogens with zero attached hydrogens (tertiary/aromatic N) is 6. The second kappa shape index (κ2) is 11.8. The molecule has 11 nitrogen and oxygen atoms in total. The molecule has 3 aliphatic rings. The fourth-order valence-electron chi connectivity index (χ4n) is 5.40. The molecule has 0 bridgehead atoms. The number of halogens is 4. The van der Waals surface area contributed by atoms with E-state index in [0.29, 0.717) is 38.6 Å². The SMILES string of the molecule is Cn1c(-c2cn(CC3CC3)nc2C(F)(F)F)cnc1C(=O)Nc1ccc(C(=O)N2CCN(C(=O)NC3CCC3)CC2)c(Cl)c1. The number of hydrogen-bond donors (Lipinski definition) is 2. The Morgan fingerprint density at radius 2 is 1.75 bits per heavy atom. The molecule has 3 fully saturated rings. The highest BCUT2D eigenvalue weighted by Crippen LogP contribution is 2.38. The van der Waals surface area contributed by atoms with Crippen molar-refractivity contribution in [1.29, 1.82) is 0 Å². The van der Waals surface area contributed by atoms with E-state index in [1.807, 2.05) is 0 Å². The Morgan fingerprint density at radius 1 is 1.05 bits per heavy atom. The van der Waals surface area contributed by atoms with Crippen LogP contribution in [0.25, 0.3) is 11.3 Å². The van der Waals surface area contributed by atoms with Crippen molar-refractivity contribution in [2.75, 3.05) is 31.5 Å². The van der Waals surface area contributed by atoms with E-state index >= 15 is 0 Å². The molecule has 0 unspecified atom stereocenters. The minimum absolute atomic E-state index is 0.101. The van der Waals surface area contributed by atoms with Gasteiger partial charge in [-0.3, -0.25) is 14.3 Å². The van der Waals surface area contributed by atoms with E-state index in [1.165, 1.54) is 46.9 Å². The van der Waals surface area contributed by atoms with E-state index in [9.17, 15) is 27.6 Å². The Labute approximate surface area is 256 Å². The minimum atomic E-state index is -4.68. The van der Waals surface area contributed by atoms with E-state index < -0.39 is 17.8 Å². The first kappa shape index (κ1) is 30.0. The molecule has 3 heterocycles. The summed E-state index contributed by atoms with van der Waals surface area (Å²) in [5, 5.41) is 9.56. The van der Waals surface area contributed by atoms with Crippen LogP contribution in [0.2, 0.25) is 5.02 Å². The third kappa shape index (κ3) is 6.26. The molecular formula is C29H32ClF3N8O3. The lowest BCUT2D eigenvalue weighted by molar-refractivity contribution is -0.141. The van der Waals surface area contributed by atoms with Crippen LogP contribution < -0.4 is 10.6 Å². The Morgan fingerprint density at radius 3 is 2.36 bits per heavy atom. The normalized spacial score (nSPS) is 17.4. The highest BCUT2D eigenvalue weighted by atomic mass is 35.5. The predicted molar refractivity (Wildman–Crippen MR) is 155 cm³/mol. The van der Waals surface area contributed by atoms with Crippen LogP contribution in [0, 0.1) is 5.92 Å². The number of amides is 4. The van der Waals surface area contributed by atoms with Crippen LogP contribution in [0.1, 0.15) is 58.8 Å². The highest BCUT2D eigenvalue weighted by Gasteiger charge is 2.39. The Hall–Kier alpha value is -4.07. The largest absolute Gasteiger partial charge is 0.435 e. The van der Waals surface area contributed by atoms with Gasteiger partial charge in [0.05, 0.1) is 28.0 Å². The number of piperazine rings is 1. The van der Waals surface area contributed by atoms with Gasteiger partial charge in [0.15, 0.2) is 11.5 Å². The molecule has 2 N–H and O–H groups in total. The Balaban J connectivity index is 1.10. The topological polar surface area (TPSA) is 117 Å². The van der Waals surface area contributed by atoms with Crippen molar-refractivity contribution in [1.82, 2.24) is 34.4 Å². The van der Waals surface area contributed by atoms with Gasteiger partial charge in [-0.25, -0.2) is 9.78 Å². The number of aromatic nitrogens is 4. The van der Waals surface area contributed by atoms with Gasteiger partial charge in [0.2, 0.25) is 0 Å². The third-order valence-corrected chi connectivity index (χ3v) is 8.70. The molecule has 2 saturated carbocycles. The van der Waals surface area contributed by atoms with Crippen molar-refractivity contribution in [2.45, 2.75) is 50.9 Å². The van der Waals surface area contributed by atoms with Crippen LogP contribution in [0.3, 0.4) is 0 Å². The molecule has 1 aromatic carbocycles. The number of carbonyl (C=O) groups is 3. The van der Waals surface area contributed by atoms with Crippen LogP contribution in [0.5, 0.6) is 0 Å². The van der Waals surface area contributed by atoms with Gasteiger partial charge in [0, 0.05) is 57.7 Å². The summed E-state index contributed by atoms with van der Waals surface area (Å²) in [6.07, 6.45) is 2.93. The summed E-state index contributed by atoms with van der Waals surface area (Å²) in [6, 6.07) is 4.59. The number of benzene rings is 1. The maximum Gasteiger partial charge on any atom is 0.435 e. The van der Waals surface area contributed by atoms with Crippen molar-refractivity contribution in [2.24, 2.45) is 13.0 Å². The molecule has 15 heteroatoms. The molecule has 0 atom stereocenters. The van der Waals surface area contributed by atoms with E-state index in [4.69, 9.17) is 11.6 Å². The number of urea groups is 1. The van der Waals surface area contributed by atoms with Crippen LogP contribution >= 0.6 is 11.6 Å². The summed E-state index contributed by atoms with van der Waals surface area (Å²) in [6.45, 7) is 1.95. The van der Waals surface area contributed by atoms with E-state index in [0.717, 1.165) is 32.1 Å². The molecule has 0 spiro atoms. The summed E-state index contributed by atoms with van der Waals surface area (Å²) >= 11 is 6.44. The fourth-order valence-corrected chi connectivity index (χ4v) is 5.66. The summed E-state index contributed by atoms with van der Waals surface area (Å²) in [4.78, 5) is 46.1. The third-order valence-electron chi connectivity index (χ3n) is 8.38. The van der Waals surface area contributed by atoms with Gasteiger partial charge in [-0.1, -0.05) is 11.6 Å². The first-order valence-electron chi connectivity index (χ1n) is 14.6. The molecule has 1 saturated heterocycles. The van der Waals surface area contributed by atoms with Crippen molar-refractivity contribution >= 4 is 35.1 Å². The van der Waals surface area contributed by atoms with Gasteiger partial charge >= 0.3 is 12.2 Å². The molecule has 0 radical (unpaired) electrons. The monoisotopic (exact) mass is 632 g/mol. The van der Waals surface area contributed by atoms with Crippen molar-refractivity contribution in [3.05, 3.63) is 52.7 Å². The number of anilines is 1. The van der Waals surface area contributed by atoms with Gasteiger partial charge in [0.1, 0.15) is 0 Å². The Kier molecular flexibility index (Phi) is 8.03. The summed E-state index contributed by atoms with van der Waals surface area (Å²) in [7, 11) is 1.46. The van der Waals surface area contributed by atoms with E-state index in [2.05, 4.69) is 20.7 Å². The summed E-state index contributed by atoms with van der Waals surface area (Å²) in [5.41, 5.74) is -0.549. The number of carbonyl (C=O) groups excluding carboxylic acids is 3. The number of rotatable bonds is 7. The van der Waals surface area contributed by atoms with Gasteiger partial charge in [-0.15, -0.1) is 0 Å². The second-order valence-corrected chi connectivity index (χ2v) is 12.0. The van der Waals surface area contributed by atoms with Crippen molar-refractivity contribution < 1.29 is 27.6 Å². The molecule has 3 aromatic rings. The van der Waals surface area contributed by atoms with E-state index in [1.54, 1.807) is 9.80 Å². The van der Waals surface area contributed by atoms with Gasteiger partial charge < -0.3 is 25.0 Å². The minimum Gasteiger partial charge on any atom is -0.335 e. The number of hydrogen-bond acceptors (Lipinski definition) is 5. The predicted octanol–water partition coefficient (Wildman–Crippen LogP) is 4.64. The van der Waals surface area contributed by atoms with Crippen LogP contribution in [-0.2, 0) is 19.8 Å². The maximum absolute atomic E-state index is 13.8. The molecular weight excluding hydrogens is 601 g/mol. The average Bonchev–Trinajstić information content (AvgIpc) is 3.53. The highest BCUT2D eigenvalue weighted by molar-refractivity contribution is 6.34. The number of nitrogens with one attached hydrogen (secondary N) is 2. The lowest BCUT2D eigenvalue weighted by Gasteiger charge is -2.36. The van der Waals surface area contributed by atoms with Gasteiger partial charge in [-0.2, -0.15) is 18.3 Å².